The van der Waals surface area contributed by atoms with Gasteiger partial charge in [0, 0.05) is 7.05 Å². The zero-order valence-corrected chi connectivity index (χ0v) is 10.2. The highest BCUT2D eigenvalue weighted by Crippen LogP contribution is 2.37. The lowest BCUT2D eigenvalue weighted by Crippen LogP contribution is -2.64. The van der Waals surface area contributed by atoms with Crippen molar-refractivity contribution in [3.8, 4) is 0 Å². The summed E-state index contributed by atoms with van der Waals surface area (Å²) >= 11 is 0. The Balaban J connectivity index is 3.20. The summed E-state index contributed by atoms with van der Waals surface area (Å²) in [7, 11) is 1.40. The van der Waals surface area contributed by atoms with Crippen LogP contribution in [0.1, 0.15) is 33.6 Å². The summed E-state index contributed by atoms with van der Waals surface area (Å²) in [5.74, 6) is -0.981. The number of barbiturate groups is 1. The average molecular weight is 226 g/mol. The molecule has 1 atom stereocenters. The molecule has 1 unspecified atom stereocenters. The highest BCUT2D eigenvalue weighted by molar-refractivity contribution is 6.19. The van der Waals surface area contributed by atoms with Crippen LogP contribution in [0.2, 0.25) is 0 Å². The summed E-state index contributed by atoms with van der Waals surface area (Å²) in [5.41, 5.74) is -1.09. The highest BCUT2D eigenvalue weighted by atomic mass is 16.2. The van der Waals surface area contributed by atoms with Gasteiger partial charge in [-0.05, 0) is 12.3 Å². The Kier molecular flexibility index (Phi) is 3.35. The molecule has 1 rings (SSSR count). The fourth-order valence-corrected chi connectivity index (χ4v) is 2.19. The zero-order valence-electron chi connectivity index (χ0n) is 10.2. The molecule has 90 valence electrons. The van der Waals surface area contributed by atoms with Crippen LogP contribution in [0.15, 0.2) is 0 Å². The number of rotatable bonds is 3. The third-order valence-corrected chi connectivity index (χ3v) is 3.25. The summed E-state index contributed by atoms with van der Waals surface area (Å²) < 4.78 is 0. The number of urea groups is 1. The maximum Gasteiger partial charge on any atom is 0.330 e. The molecule has 5 heteroatoms. The van der Waals surface area contributed by atoms with Gasteiger partial charge in [-0.25, -0.2) is 4.79 Å². The van der Waals surface area contributed by atoms with Gasteiger partial charge in [0.2, 0.25) is 11.8 Å². The Morgan fingerprint density at radius 3 is 2.31 bits per heavy atom. The Labute approximate surface area is 95.2 Å². The van der Waals surface area contributed by atoms with E-state index < -0.39 is 23.3 Å². The van der Waals surface area contributed by atoms with Gasteiger partial charge in [-0.3, -0.25) is 19.8 Å². The van der Waals surface area contributed by atoms with Gasteiger partial charge in [-0.15, -0.1) is 0 Å². The molecule has 0 aromatic heterocycles. The number of nitrogens with zero attached hydrogens (tertiary/aromatic N) is 1. The van der Waals surface area contributed by atoms with Gasteiger partial charge >= 0.3 is 6.03 Å². The van der Waals surface area contributed by atoms with Crippen molar-refractivity contribution in [2.24, 2.45) is 11.3 Å². The minimum Gasteiger partial charge on any atom is -0.277 e. The summed E-state index contributed by atoms with van der Waals surface area (Å²) in [6.07, 6.45) is 1.19. The predicted molar refractivity (Wildman–Crippen MR) is 58.5 cm³/mol. The quantitative estimate of drug-likeness (QED) is 0.734. The molecule has 16 heavy (non-hydrogen) atoms. The second-order valence-electron chi connectivity index (χ2n) is 4.50. The molecular weight excluding hydrogens is 208 g/mol. The first-order chi connectivity index (χ1) is 7.37. The Hall–Kier alpha value is -1.39. The largest absolute Gasteiger partial charge is 0.330 e. The van der Waals surface area contributed by atoms with Crippen LogP contribution in [0, 0.1) is 11.3 Å². The average Bonchev–Trinajstić information content (AvgIpc) is 2.21. The van der Waals surface area contributed by atoms with Gasteiger partial charge in [-0.1, -0.05) is 27.2 Å². The highest BCUT2D eigenvalue weighted by Gasteiger charge is 2.53. The van der Waals surface area contributed by atoms with Crippen molar-refractivity contribution >= 4 is 17.8 Å². The van der Waals surface area contributed by atoms with E-state index in [4.69, 9.17) is 0 Å². The van der Waals surface area contributed by atoms with Gasteiger partial charge < -0.3 is 0 Å². The van der Waals surface area contributed by atoms with E-state index in [1.165, 1.54) is 7.05 Å². The van der Waals surface area contributed by atoms with Crippen LogP contribution in [-0.2, 0) is 9.59 Å². The number of carbonyl (C=O) groups excluding carboxylic acids is 3. The van der Waals surface area contributed by atoms with Gasteiger partial charge in [0.15, 0.2) is 0 Å². The monoisotopic (exact) mass is 226 g/mol. The SMILES string of the molecule is CCCC1(C(C)C)C(=O)NC(=O)N(C)C1=O. The van der Waals surface area contributed by atoms with Crippen LogP contribution in [0.25, 0.3) is 0 Å². The van der Waals surface area contributed by atoms with Crippen LogP contribution < -0.4 is 5.32 Å². The minimum absolute atomic E-state index is 0.129. The summed E-state index contributed by atoms with van der Waals surface area (Å²) in [6, 6.07) is -0.637. The molecule has 4 amide bonds. The second-order valence-corrected chi connectivity index (χ2v) is 4.50. The van der Waals surface area contributed by atoms with E-state index in [1.54, 1.807) is 0 Å². The lowest BCUT2D eigenvalue weighted by molar-refractivity contribution is -0.154. The lowest BCUT2D eigenvalue weighted by atomic mass is 9.71. The zero-order chi connectivity index (χ0) is 12.5. The Morgan fingerprint density at radius 2 is 1.88 bits per heavy atom. The topological polar surface area (TPSA) is 66.5 Å². The molecule has 1 N–H and O–H groups in total. The van der Waals surface area contributed by atoms with Gasteiger partial charge in [-0.2, -0.15) is 0 Å². The normalized spacial score (nSPS) is 26.3. The molecule has 0 saturated carbocycles. The molecule has 5 nitrogen and oxygen atoms in total. The molecule has 0 aromatic carbocycles. The van der Waals surface area contributed by atoms with Crippen molar-refractivity contribution in [2.45, 2.75) is 33.6 Å². The maximum absolute atomic E-state index is 12.1. The fourth-order valence-electron chi connectivity index (χ4n) is 2.19. The van der Waals surface area contributed by atoms with Crippen LogP contribution in [0.4, 0.5) is 4.79 Å². The van der Waals surface area contributed by atoms with Crippen LogP contribution in [0.5, 0.6) is 0 Å². The first-order valence-corrected chi connectivity index (χ1v) is 5.51. The summed E-state index contributed by atoms with van der Waals surface area (Å²) in [6.45, 7) is 5.58. The molecule has 0 bridgehead atoms. The molecule has 0 spiro atoms. The van der Waals surface area contributed by atoms with Crippen molar-refractivity contribution in [3.63, 3.8) is 0 Å². The van der Waals surface area contributed by atoms with Gasteiger partial charge in [0.05, 0.1) is 0 Å². The van der Waals surface area contributed by atoms with Crippen molar-refractivity contribution in [2.75, 3.05) is 7.05 Å². The third-order valence-electron chi connectivity index (χ3n) is 3.25. The summed E-state index contributed by atoms with van der Waals surface area (Å²) in [5, 5.41) is 2.24. The number of amides is 4. The first-order valence-electron chi connectivity index (χ1n) is 5.51. The number of nitrogens with one attached hydrogen (secondary N) is 1. The molecule has 0 aromatic rings. The number of carbonyl (C=O) groups is 3. The Bertz CT molecular complexity index is 338. The van der Waals surface area contributed by atoms with E-state index in [0.29, 0.717) is 6.42 Å². The van der Waals surface area contributed by atoms with Gasteiger partial charge in [0.25, 0.3) is 0 Å². The lowest BCUT2D eigenvalue weighted by Gasteiger charge is -2.40. The predicted octanol–water partition coefficient (Wildman–Crippen LogP) is 1.14. The maximum atomic E-state index is 12.1. The molecule has 0 aliphatic carbocycles. The molecule has 1 heterocycles. The first kappa shape index (κ1) is 12.7. The van der Waals surface area contributed by atoms with Crippen molar-refractivity contribution in [3.05, 3.63) is 0 Å². The number of imide groups is 2. The molecule has 0 radical (unpaired) electrons. The summed E-state index contributed by atoms with van der Waals surface area (Å²) in [4.78, 5) is 36.4. The standard InChI is InChI=1S/C11H18N2O3/c1-5-6-11(7(2)3)8(14)12-10(16)13(4)9(11)15/h7H,5-6H2,1-4H3,(H,12,14,16). The second kappa shape index (κ2) is 4.23. The van der Waals surface area contributed by atoms with E-state index in [1.807, 2.05) is 20.8 Å². The van der Waals surface area contributed by atoms with E-state index in [0.717, 1.165) is 11.3 Å². The third kappa shape index (κ3) is 1.60. The van der Waals surface area contributed by atoms with E-state index >= 15 is 0 Å². The molecule has 1 aliphatic rings. The number of hydrogen-bond acceptors (Lipinski definition) is 3. The minimum atomic E-state index is -1.09. The molecule has 1 fully saturated rings. The van der Waals surface area contributed by atoms with Gasteiger partial charge in [0.1, 0.15) is 5.41 Å². The van der Waals surface area contributed by atoms with E-state index in [2.05, 4.69) is 5.32 Å². The van der Waals surface area contributed by atoms with E-state index in [9.17, 15) is 14.4 Å². The van der Waals surface area contributed by atoms with Crippen LogP contribution >= 0.6 is 0 Å². The van der Waals surface area contributed by atoms with Crippen molar-refractivity contribution < 1.29 is 14.4 Å². The Morgan fingerprint density at radius 1 is 1.31 bits per heavy atom. The van der Waals surface area contributed by atoms with Crippen molar-refractivity contribution in [1.82, 2.24) is 10.2 Å². The number of hydrogen-bond donors (Lipinski definition) is 1. The molecule has 1 saturated heterocycles. The molecular formula is C11H18N2O3. The van der Waals surface area contributed by atoms with E-state index in [-0.39, 0.29) is 5.92 Å². The van der Waals surface area contributed by atoms with Crippen LogP contribution in [-0.4, -0.2) is 29.8 Å². The fraction of sp³-hybridized carbons (Fsp3) is 0.727. The molecule has 1 aliphatic heterocycles. The van der Waals surface area contributed by atoms with Crippen LogP contribution in [0.3, 0.4) is 0 Å². The smallest absolute Gasteiger partial charge is 0.277 e. The van der Waals surface area contributed by atoms with Crippen molar-refractivity contribution in [1.29, 1.82) is 0 Å².